The highest BCUT2D eigenvalue weighted by Crippen LogP contribution is 2.25. The van der Waals surface area contributed by atoms with Gasteiger partial charge in [-0.3, -0.25) is 4.99 Å². The molecule has 2 aliphatic rings. The summed E-state index contributed by atoms with van der Waals surface area (Å²) in [6, 6.07) is 0. The van der Waals surface area contributed by atoms with Gasteiger partial charge in [-0.2, -0.15) is 11.8 Å². The van der Waals surface area contributed by atoms with Crippen molar-refractivity contribution >= 4 is 41.7 Å². The predicted octanol–water partition coefficient (Wildman–Crippen LogP) is 1.76. The summed E-state index contributed by atoms with van der Waals surface area (Å²) in [6.45, 7) is 5.73. The zero-order chi connectivity index (χ0) is 12.6. The van der Waals surface area contributed by atoms with Gasteiger partial charge in [-0.25, -0.2) is 0 Å². The van der Waals surface area contributed by atoms with Crippen molar-refractivity contribution in [3.63, 3.8) is 0 Å². The quantitative estimate of drug-likeness (QED) is 0.421. The lowest BCUT2D eigenvalue weighted by Gasteiger charge is -2.18. The van der Waals surface area contributed by atoms with Gasteiger partial charge < -0.3 is 15.5 Å². The van der Waals surface area contributed by atoms with E-state index < -0.39 is 0 Å². The smallest absolute Gasteiger partial charge is 0.191 e. The second-order valence-electron chi connectivity index (χ2n) is 5.06. The summed E-state index contributed by atoms with van der Waals surface area (Å²) in [5.74, 6) is 2.29. The number of halogens is 1. The van der Waals surface area contributed by atoms with E-state index in [1.165, 1.54) is 44.5 Å². The molecule has 0 radical (unpaired) electrons. The van der Waals surface area contributed by atoms with E-state index in [2.05, 4.69) is 32.3 Å². The van der Waals surface area contributed by atoms with Gasteiger partial charge in [-0.15, -0.1) is 24.0 Å². The van der Waals surface area contributed by atoms with Crippen molar-refractivity contribution in [2.24, 2.45) is 4.99 Å². The minimum Gasteiger partial charge on any atom is -0.355 e. The molecular weight excluding hydrogens is 371 g/mol. The molecule has 6 heteroatoms. The summed E-state index contributed by atoms with van der Waals surface area (Å²) < 4.78 is 0. The van der Waals surface area contributed by atoms with Crippen LogP contribution in [-0.4, -0.2) is 61.6 Å². The Kier molecular flexibility index (Phi) is 9.23. The van der Waals surface area contributed by atoms with Crippen molar-refractivity contribution in [1.29, 1.82) is 0 Å². The largest absolute Gasteiger partial charge is 0.355 e. The molecule has 19 heavy (non-hydrogen) atoms. The molecule has 0 saturated carbocycles. The van der Waals surface area contributed by atoms with E-state index in [1.807, 2.05) is 7.05 Å². The van der Waals surface area contributed by atoms with Gasteiger partial charge in [-0.05, 0) is 44.5 Å². The first-order chi connectivity index (χ1) is 8.88. The second kappa shape index (κ2) is 10.1. The Balaban J connectivity index is 0.00000180. The van der Waals surface area contributed by atoms with Crippen LogP contribution in [0.4, 0.5) is 0 Å². The third-order valence-corrected chi connectivity index (χ3v) is 5.06. The molecule has 0 aromatic rings. The minimum atomic E-state index is 0. The third-order valence-electron chi connectivity index (χ3n) is 3.66. The van der Waals surface area contributed by atoms with E-state index >= 15 is 0 Å². The number of nitrogens with zero attached hydrogens (tertiary/aromatic N) is 2. The van der Waals surface area contributed by atoms with E-state index in [0.717, 1.165) is 30.8 Å². The van der Waals surface area contributed by atoms with Gasteiger partial charge in [0.25, 0.3) is 0 Å². The number of aliphatic imine (C=N–C) groups is 1. The Morgan fingerprint density at radius 2 is 2.05 bits per heavy atom. The fourth-order valence-electron chi connectivity index (χ4n) is 2.58. The molecule has 2 heterocycles. The van der Waals surface area contributed by atoms with Crippen LogP contribution in [-0.2, 0) is 0 Å². The Morgan fingerprint density at radius 3 is 2.68 bits per heavy atom. The Hall–Kier alpha value is 0.310. The highest BCUT2D eigenvalue weighted by molar-refractivity contribution is 14.0. The molecule has 2 aliphatic heterocycles. The van der Waals surface area contributed by atoms with Crippen LogP contribution < -0.4 is 10.6 Å². The molecule has 2 rings (SSSR count). The van der Waals surface area contributed by atoms with Gasteiger partial charge in [0, 0.05) is 31.9 Å². The molecule has 2 saturated heterocycles. The number of nitrogens with one attached hydrogen (secondary N) is 2. The zero-order valence-electron chi connectivity index (χ0n) is 11.9. The molecule has 1 unspecified atom stereocenters. The van der Waals surface area contributed by atoms with Crippen LogP contribution in [0.25, 0.3) is 0 Å². The maximum Gasteiger partial charge on any atom is 0.191 e. The van der Waals surface area contributed by atoms with Crippen molar-refractivity contribution in [2.45, 2.75) is 30.9 Å². The Morgan fingerprint density at radius 1 is 1.26 bits per heavy atom. The summed E-state index contributed by atoms with van der Waals surface area (Å²) in [4.78, 5) is 6.80. The summed E-state index contributed by atoms with van der Waals surface area (Å²) in [5, 5.41) is 7.62. The van der Waals surface area contributed by atoms with Gasteiger partial charge in [0.2, 0.25) is 0 Å². The van der Waals surface area contributed by atoms with Crippen LogP contribution in [0.1, 0.15) is 25.7 Å². The summed E-state index contributed by atoms with van der Waals surface area (Å²) in [5.41, 5.74) is 0. The Labute approximate surface area is 138 Å². The monoisotopic (exact) mass is 398 g/mol. The van der Waals surface area contributed by atoms with E-state index in [9.17, 15) is 0 Å². The number of hydrogen-bond acceptors (Lipinski definition) is 3. The fourth-order valence-corrected chi connectivity index (χ4v) is 3.78. The zero-order valence-corrected chi connectivity index (χ0v) is 15.0. The maximum atomic E-state index is 4.28. The second-order valence-corrected chi connectivity index (χ2v) is 6.47. The van der Waals surface area contributed by atoms with Crippen molar-refractivity contribution in [3.05, 3.63) is 0 Å². The molecule has 112 valence electrons. The molecule has 0 amide bonds. The van der Waals surface area contributed by atoms with E-state index in [1.54, 1.807) is 0 Å². The van der Waals surface area contributed by atoms with E-state index in [4.69, 9.17) is 0 Å². The number of thioether (sulfide) groups is 1. The number of hydrogen-bond donors (Lipinski definition) is 2. The van der Waals surface area contributed by atoms with Crippen LogP contribution >= 0.6 is 35.7 Å². The lowest BCUT2D eigenvalue weighted by atomic mass is 10.2. The Bertz CT molecular complexity index is 263. The summed E-state index contributed by atoms with van der Waals surface area (Å²) in [7, 11) is 1.85. The normalized spacial score (nSPS) is 24.3. The van der Waals surface area contributed by atoms with Gasteiger partial charge in [0.15, 0.2) is 5.96 Å². The molecule has 4 nitrogen and oxygen atoms in total. The third kappa shape index (κ3) is 6.53. The molecule has 0 bridgehead atoms. The minimum absolute atomic E-state index is 0. The molecule has 0 aliphatic carbocycles. The molecule has 0 spiro atoms. The van der Waals surface area contributed by atoms with Crippen LogP contribution in [0.5, 0.6) is 0 Å². The number of likely N-dealkylation sites (tertiary alicyclic amines) is 1. The fraction of sp³-hybridized carbons (Fsp3) is 0.923. The van der Waals surface area contributed by atoms with Crippen LogP contribution in [0, 0.1) is 0 Å². The molecule has 0 aromatic carbocycles. The van der Waals surface area contributed by atoms with Crippen LogP contribution in [0.3, 0.4) is 0 Å². The molecule has 2 N–H and O–H groups in total. The maximum absolute atomic E-state index is 4.28. The van der Waals surface area contributed by atoms with Crippen LogP contribution in [0.15, 0.2) is 4.99 Å². The van der Waals surface area contributed by atoms with Crippen molar-refractivity contribution in [3.8, 4) is 0 Å². The van der Waals surface area contributed by atoms with E-state index in [-0.39, 0.29) is 24.0 Å². The first-order valence-electron chi connectivity index (χ1n) is 7.17. The lowest BCUT2D eigenvalue weighted by molar-refractivity contribution is 0.343. The highest BCUT2D eigenvalue weighted by Gasteiger charge is 2.15. The molecule has 0 aromatic heterocycles. The van der Waals surface area contributed by atoms with Crippen molar-refractivity contribution < 1.29 is 0 Å². The molecule has 2 fully saturated rings. The van der Waals surface area contributed by atoms with Crippen molar-refractivity contribution in [1.82, 2.24) is 15.5 Å². The number of rotatable bonds is 5. The number of guanidine groups is 1. The lowest BCUT2D eigenvalue weighted by Crippen LogP contribution is -2.43. The topological polar surface area (TPSA) is 39.7 Å². The first-order valence-corrected chi connectivity index (χ1v) is 8.22. The van der Waals surface area contributed by atoms with Gasteiger partial charge in [0.05, 0.1) is 0 Å². The molecular formula is C13H27IN4S. The SMILES string of the molecule is CN=C(NCCN1CCCC1)NCC1CCCS1.I. The van der Waals surface area contributed by atoms with Crippen molar-refractivity contribution in [2.75, 3.05) is 45.5 Å². The van der Waals surface area contributed by atoms with Crippen LogP contribution in [0.2, 0.25) is 0 Å². The first kappa shape index (κ1) is 17.4. The highest BCUT2D eigenvalue weighted by atomic mass is 127. The van der Waals surface area contributed by atoms with E-state index in [0.29, 0.717) is 0 Å². The van der Waals surface area contributed by atoms with Gasteiger partial charge >= 0.3 is 0 Å². The summed E-state index contributed by atoms with van der Waals surface area (Å²) >= 11 is 2.09. The summed E-state index contributed by atoms with van der Waals surface area (Å²) in [6.07, 6.45) is 5.46. The average Bonchev–Trinajstić information content (AvgIpc) is 3.06. The average molecular weight is 398 g/mol. The van der Waals surface area contributed by atoms with Gasteiger partial charge in [0.1, 0.15) is 0 Å². The standard InChI is InChI=1S/C13H26N4S.HI/c1-14-13(16-11-12-5-4-10-18-12)15-6-9-17-7-2-3-8-17;/h12H,2-11H2,1H3,(H2,14,15,16);1H. The predicted molar refractivity (Wildman–Crippen MR) is 95.9 cm³/mol. The van der Waals surface area contributed by atoms with Gasteiger partial charge in [-0.1, -0.05) is 0 Å². The molecule has 1 atom stereocenters.